The smallest absolute Gasteiger partial charge is 0.0543 e. The molecule has 0 bridgehead atoms. The van der Waals surface area contributed by atoms with Gasteiger partial charge in [0.15, 0.2) is 0 Å². The number of hydrogen-bond donors (Lipinski definition) is 1. The number of rotatable bonds is 5. The lowest BCUT2D eigenvalue weighted by atomic mass is 9.47. The molecule has 0 heterocycles. The number of aliphatic hydroxyl groups excluding tert-OH is 1. The Morgan fingerprint density at radius 2 is 1.83 bits per heavy atom. The number of fused-ring (bicyclic) bond motifs is 5. The van der Waals surface area contributed by atoms with E-state index >= 15 is 0 Å². The third-order valence-electron chi connectivity index (χ3n) is 10.5. The van der Waals surface area contributed by atoms with Gasteiger partial charge in [-0.1, -0.05) is 63.6 Å². The Bertz CT molecular complexity index is 716. The summed E-state index contributed by atoms with van der Waals surface area (Å²) in [7, 11) is 0. The normalized spacial score (nSPS) is 45.3. The largest absolute Gasteiger partial charge is 0.393 e. The van der Waals surface area contributed by atoms with Crippen LogP contribution in [0, 0.1) is 46.3 Å². The molecular weight excluding hydrogens is 364 g/mol. The molecular formula is C29H46O. The minimum absolute atomic E-state index is 0.0541. The first-order chi connectivity index (χ1) is 14.2. The molecule has 30 heavy (non-hydrogen) atoms. The molecule has 0 spiro atoms. The van der Waals surface area contributed by atoms with E-state index in [4.69, 9.17) is 0 Å². The van der Waals surface area contributed by atoms with Gasteiger partial charge in [0.1, 0.15) is 0 Å². The minimum Gasteiger partial charge on any atom is -0.393 e. The van der Waals surface area contributed by atoms with Crippen molar-refractivity contribution in [3.8, 4) is 0 Å². The Balaban J connectivity index is 1.54. The van der Waals surface area contributed by atoms with Gasteiger partial charge < -0.3 is 5.11 Å². The molecule has 3 fully saturated rings. The van der Waals surface area contributed by atoms with E-state index in [2.05, 4.69) is 59.4 Å². The predicted octanol–water partition coefficient (Wildman–Crippen LogP) is 7.72. The lowest BCUT2D eigenvalue weighted by Crippen LogP contribution is -2.49. The molecule has 0 aromatic heterocycles. The second kappa shape index (κ2) is 8.27. The molecule has 1 nitrogen and oxygen atoms in total. The molecule has 0 saturated heterocycles. The molecule has 0 aliphatic heterocycles. The highest BCUT2D eigenvalue weighted by atomic mass is 16.3. The molecule has 4 aliphatic rings. The maximum absolute atomic E-state index is 10.3. The van der Waals surface area contributed by atoms with Crippen LogP contribution < -0.4 is 0 Å². The molecule has 4 rings (SSSR count). The van der Waals surface area contributed by atoms with Crippen LogP contribution in [0.5, 0.6) is 0 Å². The van der Waals surface area contributed by atoms with Crippen LogP contribution in [0.1, 0.15) is 92.4 Å². The van der Waals surface area contributed by atoms with Crippen molar-refractivity contribution in [1.82, 2.24) is 0 Å². The van der Waals surface area contributed by atoms with E-state index in [9.17, 15) is 5.11 Å². The second-order valence-corrected chi connectivity index (χ2v) is 12.0. The first-order valence-corrected chi connectivity index (χ1v) is 12.9. The SMILES string of the molecule is C=C(C)[C@H](C=C[C@H](C)[C@H]1CC[C@H]2C3=CC[C@H]4C[C@@H](O)CC[C@]4(C)[C@H]3CC[C@]12C)CC. The molecule has 3 saturated carbocycles. The van der Waals surface area contributed by atoms with Crippen molar-refractivity contribution in [1.29, 1.82) is 0 Å². The summed E-state index contributed by atoms with van der Waals surface area (Å²) in [6, 6.07) is 0. The topological polar surface area (TPSA) is 20.2 Å². The summed E-state index contributed by atoms with van der Waals surface area (Å²) in [4.78, 5) is 0. The fourth-order valence-corrected chi connectivity index (χ4v) is 8.49. The van der Waals surface area contributed by atoms with E-state index in [1.54, 1.807) is 0 Å². The molecule has 1 heteroatoms. The monoisotopic (exact) mass is 410 g/mol. The molecule has 0 aromatic rings. The first-order valence-electron chi connectivity index (χ1n) is 12.9. The van der Waals surface area contributed by atoms with Crippen molar-refractivity contribution >= 4 is 0 Å². The summed E-state index contributed by atoms with van der Waals surface area (Å²) >= 11 is 0. The van der Waals surface area contributed by atoms with Crippen molar-refractivity contribution < 1.29 is 5.11 Å². The van der Waals surface area contributed by atoms with E-state index in [0.29, 0.717) is 28.6 Å². The van der Waals surface area contributed by atoms with Gasteiger partial charge in [0.2, 0.25) is 0 Å². The average molecular weight is 411 g/mol. The van der Waals surface area contributed by atoms with E-state index in [1.807, 2.05) is 5.57 Å². The zero-order valence-electron chi connectivity index (χ0n) is 20.3. The summed E-state index contributed by atoms with van der Waals surface area (Å²) in [5, 5.41) is 10.3. The molecule has 4 aliphatic carbocycles. The highest BCUT2D eigenvalue weighted by Gasteiger charge is 2.57. The summed E-state index contributed by atoms with van der Waals surface area (Å²) in [5.41, 5.74) is 4.04. The van der Waals surface area contributed by atoms with Crippen LogP contribution in [0.25, 0.3) is 0 Å². The Labute approximate surface area is 186 Å². The zero-order valence-corrected chi connectivity index (χ0v) is 20.3. The number of allylic oxidation sites excluding steroid dienone is 5. The molecule has 168 valence electrons. The quantitative estimate of drug-likeness (QED) is 0.460. The Morgan fingerprint density at radius 3 is 2.53 bits per heavy atom. The van der Waals surface area contributed by atoms with Crippen molar-refractivity contribution in [2.75, 3.05) is 0 Å². The van der Waals surface area contributed by atoms with Crippen LogP contribution >= 0.6 is 0 Å². The minimum atomic E-state index is -0.0541. The fraction of sp³-hybridized carbons (Fsp3) is 0.793. The van der Waals surface area contributed by atoms with Crippen LogP contribution in [0.4, 0.5) is 0 Å². The van der Waals surface area contributed by atoms with Gasteiger partial charge in [-0.2, -0.15) is 0 Å². The van der Waals surface area contributed by atoms with Gasteiger partial charge in [0, 0.05) is 0 Å². The lowest BCUT2D eigenvalue weighted by molar-refractivity contribution is -0.0414. The van der Waals surface area contributed by atoms with Crippen LogP contribution in [0.2, 0.25) is 0 Å². The second-order valence-electron chi connectivity index (χ2n) is 12.0. The average Bonchev–Trinajstić information content (AvgIpc) is 3.06. The third kappa shape index (κ3) is 3.58. The van der Waals surface area contributed by atoms with Crippen molar-refractivity contribution in [3.63, 3.8) is 0 Å². The van der Waals surface area contributed by atoms with Gasteiger partial charge in [0.05, 0.1) is 6.10 Å². The molecule has 1 N–H and O–H groups in total. The maximum atomic E-state index is 10.3. The number of hydrogen-bond acceptors (Lipinski definition) is 1. The summed E-state index contributed by atoms with van der Waals surface area (Å²) in [6.07, 6.45) is 18.8. The molecule has 9 atom stereocenters. The Kier molecular flexibility index (Phi) is 6.17. The molecule has 0 radical (unpaired) electrons. The van der Waals surface area contributed by atoms with Gasteiger partial charge >= 0.3 is 0 Å². The number of aliphatic hydroxyl groups is 1. The van der Waals surface area contributed by atoms with E-state index in [1.165, 1.54) is 44.1 Å². The van der Waals surface area contributed by atoms with E-state index < -0.39 is 0 Å². The van der Waals surface area contributed by atoms with Gasteiger partial charge in [-0.15, -0.1) is 0 Å². The van der Waals surface area contributed by atoms with Crippen LogP contribution in [0.3, 0.4) is 0 Å². The van der Waals surface area contributed by atoms with Gasteiger partial charge in [0.25, 0.3) is 0 Å². The van der Waals surface area contributed by atoms with Crippen LogP contribution in [-0.2, 0) is 0 Å². The standard InChI is InChI=1S/C29H46O/c1-7-21(19(2)3)9-8-20(4)25-12-13-26-24-11-10-22-18-23(30)14-16-28(22,5)27(24)15-17-29(25,26)6/h8-9,11,20-23,25-27,30H,2,7,10,12-18H2,1,3-6H3/t20-,21-,22-,23-,25+,26-,27-,28-,29+/m0/s1. The Hall–Kier alpha value is -0.820. The first kappa shape index (κ1) is 22.4. The Morgan fingerprint density at radius 1 is 1.13 bits per heavy atom. The molecule has 0 amide bonds. The third-order valence-corrected chi connectivity index (χ3v) is 10.5. The highest BCUT2D eigenvalue weighted by molar-refractivity contribution is 5.28. The van der Waals surface area contributed by atoms with Crippen molar-refractivity contribution in [2.45, 2.75) is 98.5 Å². The van der Waals surface area contributed by atoms with Crippen molar-refractivity contribution in [2.24, 2.45) is 46.3 Å². The summed E-state index contributed by atoms with van der Waals surface area (Å²) in [5.74, 6) is 4.27. The molecule has 0 aromatic carbocycles. The zero-order chi connectivity index (χ0) is 21.7. The van der Waals surface area contributed by atoms with Crippen molar-refractivity contribution in [3.05, 3.63) is 36.0 Å². The van der Waals surface area contributed by atoms with Gasteiger partial charge in [-0.05, 0) is 111 Å². The van der Waals surface area contributed by atoms with Crippen LogP contribution in [-0.4, -0.2) is 11.2 Å². The predicted molar refractivity (Wildman–Crippen MR) is 128 cm³/mol. The lowest BCUT2D eigenvalue weighted by Gasteiger charge is -2.57. The van der Waals surface area contributed by atoms with Crippen LogP contribution in [0.15, 0.2) is 36.0 Å². The van der Waals surface area contributed by atoms with Gasteiger partial charge in [-0.3, -0.25) is 0 Å². The van der Waals surface area contributed by atoms with Gasteiger partial charge in [-0.25, -0.2) is 0 Å². The van der Waals surface area contributed by atoms with E-state index in [-0.39, 0.29) is 6.10 Å². The summed E-state index contributed by atoms with van der Waals surface area (Å²) in [6.45, 7) is 16.3. The molecule has 0 unspecified atom stereocenters. The van der Waals surface area contributed by atoms with E-state index in [0.717, 1.165) is 37.0 Å². The summed E-state index contributed by atoms with van der Waals surface area (Å²) < 4.78 is 0. The maximum Gasteiger partial charge on any atom is 0.0543 e. The highest BCUT2D eigenvalue weighted by Crippen LogP contribution is 2.66. The fourth-order valence-electron chi connectivity index (χ4n) is 8.49.